The number of nitrogens with two attached hydrogens (primary N) is 1. The minimum absolute atomic E-state index is 0.395. The molecule has 0 radical (unpaired) electrons. The first-order valence-corrected chi connectivity index (χ1v) is 3.23. The molecule has 0 spiro atoms. The second-order valence-electron chi connectivity index (χ2n) is 2.40. The van der Waals surface area contributed by atoms with Crippen LogP contribution in [-0.2, 0) is 0 Å². The Morgan fingerprint density at radius 3 is 2.44 bits per heavy atom. The summed E-state index contributed by atoms with van der Waals surface area (Å²) in [5.74, 6) is 0.395. The molecule has 0 unspecified atom stereocenters. The summed E-state index contributed by atoms with van der Waals surface area (Å²) >= 11 is 0. The maximum absolute atomic E-state index is 8.41. The summed E-state index contributed by atoms with van der Waals surface area (Å²) in [6, 6.07) is 0. The third-order valence-electron chi connectivity index (χ3n) is 1.32. The van der Waals surface area contributed by atoms with Crippen LogP contribution in [0.5, 0.6) is 0 Å². The zero-order chi connectivity index (χ0) is 7.28. The molecule has 0 aliphatic heterocycles. The highest BCUT2D eigenvalue weighted by Crippen LogP contribution is 2.03. The van der Waals surface area contributed by atoms with Gasteiger partial charge in [0, 0.05) is 0 Å². The second kappa shape index (κ2) is 4.79. The van der Waals surface area contributed by atoms with Crippen LogP contribution in [0.25, 0.3) is 0 Å². The molecule has 54 valence electrons. The quantitative estimate of drug-likeness (QED) is 0.448. The van der Waals surface area contributed by atoms with Crippen molar-refractivity contribution in [3.8, 4) is 0 Å². The Hall–Kier alpha value is -0.0551. The Kier molecular flexibility index (Phi) is 4.76. The van der Waals surface area contributed by atoms with Crippen molar-refractivity contribution in [3.05, 3.63) is 0 Å². The molecule has 0 aliphatic carbocycles. The average Bonchev–Trinajstić information content (AvgIpc) is 1.83. The van der Waals surface area contributed by atoms with E-state index < -0.39 is 7.12 Å². The van der Waals surface area contributed by atoms with Crippen molar-refractivity contribution in [3.63, 3.8) is 0 Å². The highest BCUT2D eigenvalue weighted by atomic mass is 16.4. The van der Waals surface area contributed by atoms with Gasteiger partial charge in [0.2, 0.25) is 0 Å². The lowest BCUT2D eigenvalue weighted by Crippen LogP contribution is -2.16. The van der Waals surface area contributed by atoms with Crippen LogP contribution in [-0.4, -0.2) is 23.7 Å². The van der Waals surface area contributed by atoms with Gasteiger partial charge in [-0.05, 0) is 18.8 Å². The van der Waals surface area contributed by atoms with E-state index in [1.165, 1.54) is 0 Å². The van der Waals surface area contributed by atoms with Crippen molar-refractivity contribution in [1.29, 1.82) is 0 Å². The normalized spacial score (nSPS) is 13.3. The van der Waals surface area contributed by atoms with Crippen LogP contribution in [0.15, 0.2) is 0 Å². The third kappa shape index (κ3) is 5.82. The van der Waals surface area contributed by atoms with Gasteiger partial charge < -0.3 is 15.8 Å². The first kappa shape index (κ1) is 8.94. The molecule has 0 aromatic rings. The molecule has 4 heteroatoms. The maximum Gasteiger partial charge on any atom is 0.451 e. The van der Waals surface area contributed by atoms with E-state index in [2.05, 4.69) is 0 Å². The molecule has 0 aromatic carbocycles. The SMILES string of the molecule is C[C@@H](CN)CCB(O)O. The van der Waals surface area contributed by atoms with Gasteiger partial charge in [-0.2, -0.15) is 0 Å². The van der Waals surface area contributed by atoms with Crippen LogP contribution in [0.1, 0.15) is 13.3 Å². The first-order valence-electron chi connectivity index (χ1n) is 3.23. The Balaban J connectivity index is 3.06. The maximum atomic E-state index is 8.41. The molecule has 0 aliphatic rings. The van der Waals surface area contributed by atoms with Gasteiger partial charge in [-0.15, -0.1) is 0 Å². The zero-order valence-corrected chi connectivity index (χ0v) is 5.75. The van der Waals surface area contributed by atoms with Crippen molar-refractivity contribution < 1.29 is 10.0 Å². The molecular weight excluding hydrogens is 117 g/mol. The zero-order valence-electron chi connectivity index (χ0n) is 5.75. The standard InChI is InChI=1S/C5H14BNO2/c1-5(4-7)2-3-6(8)9/h5,8-9H,2-4,7H2,1H3/t5-/m1/s1. The molecule has 0 fully saturated rings. The van der Waals surface area contributed by atoms with E-state index in [0.717, 1.165) is 6.42 Å². The Morgan fingerprint density at radius 2 is 2.11 bits per heavy atom. The van der Waals surface area contributed by atoms with E-state index in [1.807, 2.05) is 6.92 Å². The molecular formula is C5H14BNO2. The van der Waals surface area contributed by atoms with E-state index in [4.69, 9.17) is 15.8 Å². The topological polar surface area (TPSA) is 66.5 Å². The highest BCUT2D eigenvalue weighted by molar-refractivity contribution is 6.40. The fourth-order valence-corrected chi connectivity index (χ4v) is 0.551. The number of hydrogen-bond acceptors (Lipinski definition) is 3. The molecule has 0 aromatic heterocycles. The molecule has 0 rings (SSSR count). The molecule has 9 heavy (non-hydrogen) atoms. The molecule has 0 saturated carbocycles. The Morgan fingerprint density at radius 1 is 1.56 bits per heavy atom. The van der Waals surface area contributed by atoms with E-state index in [-0.39, 0.29) is 0 Å². The molecule has 4 N–H and O–H groups in total. The number of rotatable bonds is 4. The first-order chi connectivity index (χ1) is 4.16. The van der Waals surface area contributed by atoms with Crippen molar-refractivity contribution in [2.75, 3.05) is 6.54 Å². The molecule has 0 bridgehead atoms. The van der Waals surface area contributed by atoms with Gasteiger partial charge >= 0.3 is 7.12 Å². The molecule has 3 nitrogen and oxygen atoms in total. The van der Waals surface area contributed by atoms with Gasteiger partial charge in [0.25, 0.3) is 0 Å². The lowest BCUT2D eigenvalue weighted by Gasteiger charge is -2.05. The lowest BCUT2D eigenvalue weighted by molar-refractivity contribution is 0.395. The van der Waals surface area contributed by atoms with Gasteiger partial charge in [-0.3, -0.25) is 0 Å². The molecule has 0 heterocycles. The van der Waals surface area contributed by atoms with Crippen LogP contribution >= 0.6 is 0 Å². The summed E-state index contributed by atoms with van der Waals surface area (Å²) < 4.78 is 0. The van der Waals surface area contributed by atoms with Crippen molar-refractivity contribution in [1.82, 2.24) is 0 Å². The van der Waals surface area contributed by atoms with Crippen LogP contribution in [0.2, 0.25) is 6.32 Å². The predicted molar refractivity (Wildman–Crippen MR) is 37.8 cm³/mol. The summed E-state index contributed by atoms with van der Waals surface area (Å²) in [5.41, 5.74) is 5.29. The summed E-state index contributed by atoms with van der Waals surface area (Å²) in [6.07, 6.45) is 1.21. The largest absolute Gasteiger partial charge is 0.451 e. The number of hydrogen-bond donors (Lipinski definition) is 3. The Bertz CT molecular complexity index is 70.0. The lowest BCUT2D eigenvalue weighted by atomic mass is 9.81. The van der Waals surface area contributed by atoms with Gasteiger partial charge in [0.05, 0.1) is 0 Å². The highest BCUT2D eigenvalue weighted by Gasteiger charge is 2.08. The molecule has 0 amide bonds. The predicted octanol–water partition coefficient (Wildman–Crippen LogP) is -0.556. The van der Waals surface area contributed by atoms with E-state index in [1.54, 1.807) is 0 Å². The fourth-order valence-electron chi connectivity index (χ4n) is 0.551. The van der Waals surface area contributed by atoms with Crippen molar-refractivity contribution in [2.24, 2.45) is 11.7 Å². The van der Waals surface area contributed by atoms with Crippen molar-refractivity contribution >= 4 is 7.12 Å². The minimum atomic E-state index is -1.17. The van der Waals surface area contributed by atoms with E-state index in [0.29, 0.717) is 18.8 Å². The monoisotopic (exact) mass is 131 g/mol. The van der Waals surface area contributed by atoms with E-state index in [9.17, 15) is 0 Å². The van der Waals surface area contributed by atoms with E-state index >= 15 is 0 Å². The third-order valence-corrected chi connectivity index (χ3v) is 1.32. The summed E-state index contributed by atoms with van der Waals surface area (Å²) in [6.45, 7) is 2.61. The fraction of sp³-hybridized carbons (Fsp3) is 1.00. The average molecular weight is 131 g/mol. The minimum Gasteiger partial charge on any atom is -0.427 e. The smallest absolute Gasteiger partial charge is 0.427 e. The van der Waals surface area contributed by atoms with Crippen LogP contribution in [0.3, 0.4) is 0 Å². The second-order valence-corrected chi connectivity index (χ2v) is 2.40. The summed E-state index contributed by atoms with van der Waals surface area (Å²) in [4.78, 5) is 0. The molecule has 1 atom stereocenters. The molecule has 0 saturated heterocycles. The van der Waals surface area contributed by atoms with Gasteiger partial charge in [0.15, 0.2) is 0 Å². The van der Waals surface area contributed by atoms with Gasteiger partial charge in [-0.1, -0.05) is 13.3 Å². The summed E-state index contributed by atoms with van der Waals surface area (Å²) in [7, 11) is -1.17. The van der Waals surface area contributed by atoms with Crippen LogP contribution in [0, 0.1) is 5.92 Å². The van der Waals surface area contributed by atoms with Gasteiger partial charge in [0.1, 0.15) is 0 Å². The van der Waals surface area contributed by atoms with Gasteiger partial charge in [-0.25, -0.2) is 0 Å². The van der Waals surface area contributed by atoms with Crippen molar-refractivity contribution in [2.45, 2.75) is 19.7 Å². The summed E-state index contributed by atoms with van der Waals surface area (Å²) in [5, 5.41) is 16.8. The van der Waals surface area contributed by atoms with Crippen LogP contribution < -0.4 is 5.73 Å². The van der Waals surface area contributed by atoms with Crippen LogP contribution in [0.4, 0.5) is 0 Å². The Labute approximate surface area is 56.0 Å².